The number of halogens is 3. The highest BCUT2D eigenvalue weighted by molar-refractivity contribution is 8.01. The third-order valence-corrected chi connectivity index (χ3v) is 9.80. The molecule has 2 atom stereocenters. The van der Waals surface area contributed by atoms with E-state index < -0.39 is 29.2 Å². The lowest BCUT2D eigenvalue weighted by Gasteiger charge is -2.49. The van der Waals surface area contributed by atoms with Crippen molar-refractivity contribution in [1.82, 2.24) is 20.4 Å². The van der Waals surface area contributed by atoms with Gasteiger partial charge in [-0.3, -0.25) is 14.5 Å². The van der Waals surface area contributed by atoms with Crippen LogP contribution < -0.4 is 10.1 Å². The van der Waals surface area contributed by atoms with Crippen molar-refractivity contribution in [1.29, 1.82) is 0 Å². The number of nitrogens with one attached hydrogen (secondary N) is 1. The molecule has 204 valence electrons. The van der Waals surface area contributed by atoms with Crippen LogP contribution in [-0.4, -0.2) is 60.9 Å². The van der Waals surface area contributed by atoms with E-state index in [-0.39, 0.29) is 33.9 Å². The van der Waals surface area contributed by atoms with Gasteiger partial charge >= 0.3 is 5.97 Å². The van der Waals surface area contributed by atoms with Crippen LogP contribution >= 0.6 is 69.7 Å². The van der Waals surface area contributed by atoms with Gasteiger partial charge in [0.05, 0.1) is 10.0 Å². The molecule has 16 heteroatoms. The Labute approximate surface area is 249 Å². The van der Waals surface area contributed by atoms with E-state index in [4.69, 9.17) is 44.0 Å². The first kappa shape index (κ1) is 28.1. The van der Waals surface area contributed by atoms with Gasteiger partial charge < -0.3 is 19.6 Å². The molecule has 0 radical (unpaired) electrons. The zero-order chi connectivity index (χ0) is 27.8. The van der Waals surface area contributed by atoms with E-state index in [2.05, 4.69) is 15.5 Å². The summed E-state index contributed by atoms with van der Waals surface area (Å²) in [4.78, 5) is 39.0. The fourth-order valence-corrected chi connectivity index (χ4v) is 8.11. The smallest absolute Gasteiger partial charge is 0.352 e. The van der Waals surface area contributed by atoms with E-state index >= 15 is 0 Å². The minimum atomic E-state index is -1.20. The lowest BCUT2D eigenvalue weighted by Crippen LogP contribution is -2.70. The molecule has 2 aliphatic heterocycles. The number of ether oxygens (including phenoxy) is 1. The van der Waals surface area contributed by atoms with Crippen LogP contribution in [0.3, 0.4) is 0 Å². The van der Waals surface area contributed by atoms with Gasteiger partial charge in [-0.2, -0.15) is 0 Å². The molecule has 0 unspecified atom stereocenters. The Morgan fingerprint density at radius 1 is 1.26 bits per heavy atom. The summed E-state index contributed by atoms with van der Waals surface area (Å²) in [5, 5.41) is 21.6. The van der Waals surface area contributed by atoms with Crippen molar-refractivity contribution < 1.29 is 28.6 Å². The average Bonchev–Trinajstić information content (AvgIpc) is 3.53. The first-order valence-corrected chi connectivity index (χ1v) is 15.1. The fourth-order valence-electron chi connectivity index (χ4n) is 3.88. The molecule has 1 aromatic carbocycles. The molecule has 0 bridgehead atoms. The van der Waals surface area contributed by atoms with Crippen molar-refractivity contribution in [2.45, 2.75) is 29.3 Å². The number of benzene rings is 1. The summed E-state index contributed by atoms with van der Waals surface area (Å²) >= 11 is 22.3. The number of β-lactam (4-membered cyclic amide) rings is 1. The summed E-state index contributed by atoms with van der Waals surface area (Å²) in [7, 11) is 0. The summed E-state index contributed by atoms with van der Waals surface area (Å²) in [6.07, 6.45) is 0. The van der Waals surface area contributed by atoms with Gasteiger partial charge in [0, 0.05) is 16.5 Å². The predicted octanol–water partition coefficient (Wildman–Crippen LogP) is 5.12. The van der Waals surface area contributed by atoms with Gasteiger partial charge in [0.2, 0.25) is 0 Å². The molecule has 1 fully saturated rings. The number of carbonyl (C=O) groups is 3. The number of fused-ring (bicyclic) bond motifs is 1. The number of aromatic nitrogens is 2. The zero-order valence-corrected chi connectivity index (χ0v) is 24.5. The van der Waals surface area contributed by atoms with E-state index in [1.165, 1.54) is 58.0 Å². The van der Waals surface area contributed by atoms with Crippen LogP contribution in [0.2, 0.25) is 15.1 Å². The third kappa shape index (κ3) is 5.88. The second-order valence-electron chi connectivity index (χ2n) is 8.25. The van der Waals surface area contributed by atoms with Crippen molar-refractivity contribution in [2.75, 3.05) is 11.5 Å². The number of hydrogen-bond donors (Lipinski definition) is 2. The van der Waals surface area contributed by atoms with E-state index in [9.17, 15) is 19.5 Å². The first-order chi connectivity index (χ1) is 18.6. The first-order valence-electron chi connectivity index (χ1n) is 11.1. The predicted molar refractivity (Wildman–Crippen MR) is 149 cm³/mol. The number of aliphatic carboxylic acids is 1. The number of amides is 2. The van der Waals surface area contributed by atoms with Crippen molar-refractivity contribution in [3.05, 3.63) is 67.1 Å². The van der Waals surface area contributed by atoms with Crippen LogP contribution in [0.4, 0.5) is 0 Å². The second kappa shape index (κ2) is 11.6. The number of furan rings is 1. The molecule has 2 aromatic heterocycles. The number of carboxylic acids is 1. The van der Waals surface area contributed by atoms with Crippen molar-refractivity contribution in [3.63, 3.8) is 0 Å². The van der Waals surface area contributed by atoms with Gasteiger partial charge in [0.1, 0.15) is 34.5 Å². The van der Waals surface area contributed by atoms with Crippen LogP contribution in [-0.2, 0) is 16.2 Å². The molecule has 0 saturated carbocycles. The molecule has 0 aliphatic carbocycles. The highest BCUT2D eigenvalue weighted by atomic mass is 35.5. The Balaban J connectivity index is 1.21. The average molecular weight is 648 g/mol. The maximum absolute atomic E-state index is 12.9. The molecule has 3 aromatic rings. The van der Waals surface area contributed by atoms with Crippen LogP contribution in [0, 0.1) is 6.92 Å². The molecular formula is C23H17Cl3N4O6S3. The van der Waals surface area contributed by atoms with Gasteiger partial charge in [-0.1, -0.05) is 57.9 Å². The maximum atomic E-state index is 12.9. The van der Waals surface area contributed by atoms with Gasteiger partial charge in [0.25, 0.3) is 11.8 Å². The highest BCUT2D eigenvalue weighted by Crippen LogP contribution is 2.42. The van der Waals surface area contributed by atoms with E-state index in [1.807, 2.05) is 6.92 Å². The number of aryl methyl sites for hydroxylation is 1. The molecular weight excluding hydrogens is 631 g/mol. The monoisotopic (exact) mass is 646 g/mol. The zero-order valence-electron chi connectivity index (χ0n) is 19.8. The number of carboxylic acid groups (broad SMARTS) is 1. The largest absolute Gasteiger partial charge is 0.483 e. The molecule has 1 saturated heterocycles. The SMILES string of the molecule is Cc1nnc(SCC2=C(C(=O)O)N3C(=O)[C@H](NC(=O)c4ccc(COc5c(Cl)cc(Cl)cc5Cl)o4)[C@@H]3SC2)s1. The Morgan fingerprint density at radius 2 is 2.00 bits per heavy atom. The summed E-state index contributed by atoms with van der Waals surface area (Å²) < 4.78 is 11.9. The number of thioether (sulfide) groups is 2. The maximum Gasteiger partial charge on any atom is 0.352 e. The van der Waals surface area contributed by atoms with Crippen LogP contribution in [0.15, 0.2) is 44.3 Å². The van der Waals surface area contributed by atoms with Crippen molar-refractivity contribution >= 4 is 87.4 Å². The summed E-state index contributed by atoms with van der Waals surface area (Å²) in [5.74, 6) is -1.05. The lowest BCUT2D eigenvalue weighted by atomic mass is 10.0. The van der Waals surface area contributed by atoms with E-state index in [0.717, 1.165) is 9.35 Å². The van der Waals surface area contributed by atoms with Gasteiger partial charge in [-0.05, 0) is 36.8 Å². The molecule has 2 aliphatic rings. The van der Waals surface area contributed by atoms with Crippen molar-refractivity contribution in [2.24, 2.45) is 0 Å². The molecule has 4 heterocycles. The summed E-state index contributed by atoms with van der Waals surface area (Å²) in [5.41, 5.74) is 0.552. The van der Waals surface area contributed by atoms with E-state index in [0.29, 0.717) is 27.9 Å². The topological polar surface area (TPSA) is 135 Å². The second-order valence-corrected chi connectivity index (χ2v) is 13.0. The highest BCUT2D eigenvalue weighted by Gasteiger charge is 2.54. The Morgan fingerprint density at radius 3 is 2.67 bits per heavy atom. The minimum absolute atomic E-state index is 0.0348. The van der Waals surface area contributed by atoms with Gasteiger partial charge in [-0.25, -0.2) is 4.79 Å². The minimum Gasteiger partial charge on any atom is -0.483 e. The van der Waals surface area contributed by atoms with E-state index in [1.54, 1.807) is 6.07 Å². The number of rotatable bonds is 9. The quantitative estimate of drug-likeness (QED) is 0.238. The molecule has 5 rings (SSSR count). The Bertz CT molecular complexity index is 1490. The number of carbonyl (C=O) groups excluding carboxylic acids is 2. The van der Waals surface area contributed by atoms with Gasteiger partial charge in [-0.15, -0.1) is 22.0 Å². The Hall–Kier alpha value is -2.42. The third-order valence-electron chi connectivity index (χ3n) is 5.62. The molecule has 10 nitrogen and oxygen atoms in total. The molecule has 39 heavy (non-hydrogen) atoms. The normalized spacial score (nSPS) is 18.6. The van der Waals surface area contributed by atoms with Crippen molar-refractivity contribution in [3.8, 4) is 5.75 Å². The lowest BCUT2D eigenvalue weighted by molar-refractivity contribution is -0.148. The van der Waals surface area contributed by atoms with Crippen LogP contribution in [0.1, 0.15) is 21.3 Å². The number of hydrogen-bond acceptors (Lipinski definition) is 10. The molecule has 2 amide bonds. The van der Waals surface area contributed by atoms with Crippen LogP contribution in [0.25, 0.3) is 0 Å². The molecule has 0 spiro atoms. The van der Waals surface area contributed by atoms with Gasteiger partial charge in [0.15, 0.2) is 15.8 Å². The molecule has 2 N–H and O–H groups in total. The van der Waals surface area contributed by atoms with Crippen LogP contribution in [0.5, 0.6) is 5.75 Å². The Kier molecular flexibility index (Phi) is 8.36. The number of nitrogens with zero attached hydrogens (tertiary/aromatic N) is 3. The summed E-state index contributed by atoms with van der Waals surface area (Å²) in [6.45, 7) is 1.77. The fraction of sp³-hybridized carbons (Fsp3) is 0.261. The standard InChI is InChI=1S/C23H17Cl3N4O6S3/c1-9-28-29-23(39-9)38-8-10-7-37-21-16(20(32)30(21)17(10)22(33)34)27-19(31)15-3-2-12(36-15)6-35-18-13(25)4-11(24)5-14(18)26/h2-5,16,21H,6-8H2,1H3,(H,27,31)(H,33,34)/t16-,21-/m0/s1. The summed E-state index contributed by atoms with van der Waals surface area (Å²) in [6, 6.07) is 5.07.